The molecule has 1 amide bonds. The summed E-state index contributed by atoms with van der Waals surface area (Å²) in [5.41, 5.74) is -0.247. The van der Waals surface area contributed by atoms with Gasteiger partial charge in [0.25, 0.3) is 5.91 Å². The van der Waals surface area contributed by atoms with E-state index in [1.165, 1.54) is 30.3 Å². The molecule has 2 aromatic carbocycles. The van der Waals surface area contributed by atoms with Crippen molar-refractivity contribution >= 4 is 21.8 Å². The zero-order valence-electron chi connectivity index (χ0n) is 15.5. The van der Waals surface area contributed by atoms with Gasteiger partial charge >= 0.3 is 6.18 Å². The number of ether oxygens (including phenoxy) is 2. The number of hydrogen-bond acceptors (Lipinski definition) is 4. The van der Waals surface area contributed by atoms with Gasteiger partial charge in [-0.1, -0.05) is 18.2 Å². The molecule has 0 aromatic heterocycles. The fourth-order valence-electron chi connectivity index (χ4n) is 2.58. The van der Waals surface area contributed by atoms with Gasteiger partial charge in [0.05, 0.1) is 28.3 Å². The van der Waals surface area contributed by atoms with Crippen molar-refractivity contribution in [1.29, 1.82) is 5.26 Å². The van der Waals surface area contributed by atoms with Crippen molar-refractivity contribution in [2.75, 3.05) is 19.8 Å². The molecule has 0 heterocycles. The number of amides is 1. The van der Waals surface area contributed by atoms with E-state index in [0.29, 0.717) is 22.4 Å². The van der Waals surface area contributed by atoms with E-state index in [-0.39, 0.29) is 30.9 Å². The third kappa shape index (κ3) is 6.39. The smallest absolute Gasteiger partial charge is 0.416 e. The highest BCUT2D eigenvalue weighted by Gasteiger charge is 2.32. The third-order valence-corrected chi connectivity index (χ3v) is 4.41. The summed E-state index contributed by atoms with van der Waals surface area (Å²) < 4.78 is 50.3. The average Bonchev–Trinajstić information content (AvgIpc) is 2.67. The molecule has 29 heavy (non-hydrogen) atoms. The van der Waals surface area contributed by atoms with E-state index in [2.05, 4.69) is 21.2 Å². The molecule has 0 atom stereocenters. The molecule has 0 radical (unpaired) electrons. The van der Waals surface area contributed by atoms with Crippen LogP contribution < -0.4 is 14.8 Å². The summed E-state index contributed by atoms with van der Waals surface area (Å²) in [6.45, 7) is 1.78. The van der Waals surface area contributed by atoms with Crippen LogP contribution in [0.2, 0.25) is 0 Å². The Labute approximate surface area is 174 Å². The standard InChI is InChI=1S/C20H18BrF3N2O3/c1-2-28-17-10-13(11-25)9-16(21)19(17)29-12-18(27)26-8-7-14-5-3-4-6-15(14)20(22,23)24/h3-6,9-10H,2,7-8,12H2,1H3,(H,26,27). The number of benzene rings is 2. The Kier molecular flexibility index (Phi) is 7.91. The first kappa shape index (κ1) is 22.6. The Bertz CT molecular complexity index is 911. The second-order valence-electron chi connectivity index (χ2n) is 5.87. The van der Waals surface area contributed by atoms with Gasteiger partial charge in [-0.05, 0) is 47.0 Å². The lowest BCUT2D eigenvalue weighted by Gasteiger charge is -2.15. The second kappa shape index (κ2) is 10.2. The maximum Gasteiger partial charge on any atom is 0.416 e. The van der Waals surface area contributed by atoms with Gasteiger partial charge in [-0.25, -0.2) is 0 Å². The van der Waals surface area contributed by atoms with E-state index in [4.69, 9.17) is 14.7 Å². The third-order valence-electron chi connectivity index (χ3n) is 3.83. The molecule has 154 valence electrons. The number of alkyl halides is 3. The molecule has 0 saturated carbocycles. The van der Waals surface area contributed by atoms with Gasteiger partial charge in [0.15, 0.2) is 18.1 Å². The van der Waals surface area contributed by atoms with Gasteiger partial charge in [0.1, 0.15) is 0 Å². The normalized spacial score (nSPS) is 10.9. The number of nitriles is 1. The van der Waals surface area contributed by atoms with Crippen LogP contribution in [0.1, 0.15) is 23.6 Å². The van der Waals surface area contributed by atoms with Crippen molar-refractivity contribution in [2.45, 2.75) is 19.5 Å². The van der Waals surface area contributed by atoms with Crippen molar-refractivity contribution < 1.29 is 27.4 Å². The van der Waals surface area contributed by atoms with E-state index < -0.39 is 17.6 Å². The lowest BCUT2D eigenvalue weighted by Crippen LogP contribution is -2.31. The quantitative estimate of drug-likeness (QED) is 0.617. The summed E-state index contributed by atoms with van der Waals surface area (Å²) in [6, 6.07) is 10.3. The Morgan fingerprint density at radius 2 is 1.97 bits per heavy atom. The molecule has 0 saturated heterocycles. The molecular weight excluding hydrogens is 453 g/mol. The molecule has 0 aliphatic heterocycles. The largest absolute Gasteiger partial charge is 0.490 e. The average molecular weight is 471 g/mol. The Hall–Kier alpha value is -2.73. The van der Waals surface area contributed by atoms with Gasteiger partial charge in [-0.3, -0.25) is 4.79 Å². The predicted octanol–water partition coefficient (Wildman–Crippen LogP) is 4.48. The SMILES string of the molecule is CCOc1cc(C#N)cc(Br)c1OCC(=O)NCCc1ccccc1C(F)(F)F. The number of nitrogens with one attached hydrogen (secondary N) is 1. The second-order valence-corrected chi connectivity index (χ2v) is 6.73. The predicted molar refractivity (Wildman–Crippen MR) is 104 cm³/mol. The number of hydrogen-bond donors (Lipinski definition) is 1. The van der Waals surface area contributed by atoms with Gasteiger partial charge in [0, 0.05) is 12.6 Å². The van der Waals surface area contributed by atoms with E-state index >= 15 is 0 Å². The van der Waals surface area contributed by atoms with E-state index in [1.54, 1.807) is 6.92 Å². The van der Waals surface area contributed by atoms with E-state index in [0.717, 1.165) is 6.07 Å². The van der Waals surface area contributed by atoms with Crippen molar-refractivity contribution in [3.8, 4) is 17.6 Å². The zero-order chi connectivity index (χ0) is 21.4. The van der Waals surface area contributed by atoms with Crippen molar-refractivity contribution in [3.63, 3.8) is 0 Å². The number of rotatable bonds is 8. The van der Waals surface area contributed by atoms with Gasteiger partial charge < -0.3 is 14.8 Å². The summed E-state index contributed by atoms with van der Waals surface area (Å²) in [5.74, 6) is 0.0851. The zero-order valence-corrected chi connectivity index (χ0v) is 17.1. The molecule has 0 aliphatic rings. The van der Waals surface area contributed by atoms with Crippen LogP contribution in [0.15, 0.2) is 40.9 Å². The van der Waals surface area contributed by atoms with Gasteiger partial charge in [0.2, 0.25) is 0 Å². The highest BCUT2D eigenvalue weighted by Crippen LogP contribution is 2.36. The number of carbonyl (C=O) groups is 1. The van der Waals surface area contributed by atoms with E-state index in [1.807, 2.05) is 6.07 Å². The highest BCUT2D eigenvalue weighted by atomic mass is 79.9. The molecule has 2 rings (SSSR count). The van der Waals surface area contributed by atoms with Crippen LogP contribution >= 0.6 is 15.9 Å². The maximum atomic E-state index is 13.0. The fourth-order valence-corrected chi connectivity index (χ4v) is 3.13. The summed E-state index contributed by atoms with van der Waals surface area (Å²) in [4.78, 5) is 12.0. The molecule has 0 fully saturated rings. The Balaban J connectivity index is 1.94. The van der Waals surface area contributed by atoms with Crippen LogP contribution in [0.3, 0.4) is 0 Å². The monoisotopic (exact) mass is 470 g/mol. The number of halogens is 4. The van der Waals surface area contributed by atoms with Crippen molar-refractivity contribution in [1.82, 2.24) is 5.32 Å². The van der Waals surface area contributed by atoms with Crippen LogP contribution in [0.25, 0.3) is 0 Å². The minimum Gasteiger partial charge on any atom is -0.490 e. The molecule has 2 aromatic rings. The lowest BCUT2D eigenvalue weighted by atomic mass is 10.0. The molecule has 0 aliphatic carbocycles. The molecule has 9 heteroatoms. The van der Waals surface area contributed by atoms with Crippen LogP contribution in [0, 0.1) is 11.3 Å². The van der Waals surface area contributed by atoms with Crippen LogP contribution in [0.5, 0.6) is 11.5 Å². The minimum atomic E-state index is -4.44. The Morgan fingerprint density at radius 3 is 2.62 bits per heavy atom. The fraction of sp³-hybridized carbons (Fsp3) is 0.300. The van der Waals surface area contributed by atoms with Gasteiger partial charge in [-0.2, -0.15) is 18.4 Å². The molecule has 0 spiro atoms. The summed E-state index contributed by atoms with van der Waals surface area (Å²) in [5, 5.41) is 11.6. The Morgan fingerprint density at radius 1 is 1.24 bits per heavy atom. The summed E-state index contributed by atoms with van der Waals surface area (Å²) in [7, 11) is 0. The van der Waals surface area contributed by atoms with Crippen LogP contribution in [-0.4, -0.2) is 25.7 Å². The van der Waals surface area contributed by atoms with Crippen LogP contribution in [0.4, 0.5) is 13.2 Å². The molecule has 5 nitrogen and oxygen atoms in total. The summed E-state index contributed by atoms with van der Waals surface area (Å²) in [6.07, 6.45) is -4.41. The molecule has 0 bridgehead atoms. The van der Waals surface area contributed by atoms with Crippen molar-refractivity contribution in [3.05, 3.63) is 57.6 Å². The van der Waals surface area contributed by atoms with Gasteiger partial charge in [-0.15, -0.1) is 0 Å². The topological polar surface area (TPSA) is 71.3 Å². The summed E-state index contributed by atoms with van der Waals surface area (Å²) >= 11 is 3.27. The minimum absolute atomic E-state index is 0.0299. The first-order valence-corrected chi connectivity index (χ1v) is 9.46. The van der Waals surface area contributed by atoms with Crippen molar-refractivity contribution in [2.24, 2.45) is 0 Å². The van der Waals surface area contributed by atoms with E-state index in [9.17, 15) is 18.0 Å². The molecule has 0 unspecified atom stereocenters. The number of carbonyl (C=O) groups excluding carboxylic acids is 1. The number of nitrogens with zero attached hydrogens (tertiary/aromatic N) is 1. The molecule has 1 N–H and O–H groups in total. The lowest BCUT2D eigenvalue weighted by molar-refractivity contribution is -0.138. The first-order valence-electron chi connectivity index (χ1n) is 8.67. The van der Waals surface area contributed by atoms with Crippen LogP contribution in [-0.2, 0) is 17.4 Å². The highest BCUT2D eigenvalue weighted by molar-refractivity contribution is 9.10. The maximum absolute atomic E-state index is 13.0. The first-order chi connectivity index (χ1) is 13.8. The molecular formula is C20H18BrF3N2O3.